The van der Waals surface area contributed by atoms with Crippen LogP contribution in [0.1, 0.15) is 85.9 Å². The van der Waals surface area contributed by atoms with Gasteiger partial charge in [0.2, 0.25) is 6.41 Å². The molecule has 1 amide bonds. The average Bonchev–Trinajstić information content (AvgIpc) is 2.56. The summed E-state index contributed by atoms with van der Waals surface area (Å²) in [6.45, 7) is 19.1. The number of aryl methyl sites for hydroxylation is 2. The molecule has 26 heteroatoms. The number of amidine groups is 2. The van der Waals surface area contributed by atoms with Gasteiger partial charge in [0, 0.05) is 57.2 Å². The van der Waals surface area contributed by atoms with Crippen molar-refractivity contribution in [1.82, 2.24) is 25.4 Å². The van der Waals surface area contributed by atoms with E-state index in [-0.39, 0.29) is 36.6 Å². The van der Waals surface area contributed by atoms with Crippen molar-refractivity contribution in [2.75, 3.05) is 125 Å². The molecule has 0 saturated carbocycles. The van der Waals surface area contributed by atoms with Gasteiger partial charge in [-0.05, 0) is 77.1 Å². The molecule has 2 aliphatic heterocycles. The number of anilines is 1. The number of nitrogens with zero attached hydrogens (tertiary/aromatic N) is 6. The topological polar surface area (TPSA) is 273 Å². The Morgan fingerprint density at radius 3 is 1.65 bits per heavy atom. The number of thiophene rings is 2. The second-order valence-corrected chi connectivity index (χ2v) is 20.8. The maximum atomic E-state index is 12.1. The fourth-order valence-electron chi connectivity index (χ4n) is 7.63. The largest absolute Gasteiger partial charge is 0.469 e. The van der Waals surface area contributed by atoms with E-state index in [0.717, 1.165) is 68.5 Å². The first-order chi connectivity index (χ1) is 39.5. The lowest BCUT2D eigenvalue weighted by atomic mass is 9.99. The minimum absolute atomic E-state index is 0.0959. The Morgan fingerprint density at radius 2 is 1.18 bits per heavy atom. The lowest BCUT2D eigenvalue weighted by molar-refractivity contribution is -0.141. The first-order valence-electron chi connectivity index (χ1n) is 26.1. The number of likely N-dealkylation sites (N-methyl/N-ethyl adjacent to an activating group) is 1. The summed E-state index contributed by atoms with van der Waals surface area (Å²) in [6.07, 6.45) is 1.56. The molecule has 2 aliphatic rings. The standard InChI is InChI=1S/C20H19ClN4O2S.C17H15ClN4OS.C16H34N2O7.C3H6O2/c1-10-11(2)28-20-17(10)18(13-5-7-14(21)8-6-13)22-15(9-16(26)27-4)19-24-23-12(3)25(19)20;1-9-13(8-23)24-17-15(9)16(11-3-5-12(18)6-4-11)21-7-14(20)22(17)10(2)19;1-17-2-4-20-6-8-22-10-12-24-14-15-25-13-11-23-9-7-21-5-3-18-16-19;1-3(4)5-2/h5-8,15H,9H2,1-4H3;3-6,8,19-20H,7H2,1-2H3;16-17H,2-15H2,1H3,(H,18,19);1-2H3. The summed E-state index contributed by atoms with van der Waals surface area (Å²) >= 11 is 15.0. The van der Waals surface area contributed by atoms with Gasteiger partial charge in [-0.2, -0.15) is 0 Å². The van der Waals surface area contributed by atoms with Gasteiger partial charge in [-0.25, -0.2) is 0 Å². The Hall–Kier alpha value is -6.16. The number of hydrogen-bond donors (Lipinski definition) is 4. The van der Waals surface area contributed by atoms with Gasteiger partial charge in [0.1, 0.15) is 33.5 Å². The Kier molecular flexibility index (Phi) is 30.9. The highest BCUT2D eigenvalue weighted by atomic mass is 35.5. The van der Waals surface area contributed by atoms with Crippen LogP contribution in [0, 0.1) is 38.5 Å². The zero-order chi connectivity index (χ0) is 60.0. The summed E-state index contributed by atoms with van der Waals surface area (Å²) in [5, 5.41) is 33.4. The number of hydrogen-bond acceptors (Lipinski definition) is 21. The molecule has 0 radical (unpaired) electrons. The van der Waals surface area contributed by atoms with Crippen molar-refractivity contribution in [3.63, 3.8) is 0 Å². The van der Waals surface area contributed by atoms with E-state index in [1.54, 1.807) is 35.3 Å². The van der Waals surface area contributed by atoms with Gasteiger partial charge in [0.25, 0.3) is 0 Å². The van der Waals surface area contributed by atoms with Crippen molar-refractivity contribution in [2.24, 2.45) is 9.98 Å². The van der Waals surface area contributed by atoms with E-state index in [2.05, 4.69) is 44.4 Å². The van der Waals surface area contributed by atoms with Gasteiger partial charge in [-0.3, -0.25) is 49.4 Å². The van der Waals surface area contributed by atoms with Gasteiger partial charge in [0.15, 0.2) is 12.1 Å². The summed E-state index contributed by atoms with van der Waals surface area (Å²) in [6, 6.07) is 14.4. The molecule has 7 rings (SSSR count). The van der Waals surface area contributed by atoms with Crippen molar-refractivity contribution in [3.8, 4) is 5.00 Å². The molecule has 0 bridgehead atoms. The molecular formula is C56H74Cl2N10O12S2. The molecule has 1 atom stereocenters. The molecule has 2 aromatic carbocycles. The minimum Gasteiger partial charge on any atom is -0.469 e. The molecule has 0 fully saturated rings. The third-order valence-electron chi connectivity index (χ3n) is 11.9. The molecule has 0 aliphatic carbocycles. The van der Waals surface area contributed by atoms with Crippen LogP contribution in [0.4, 0.5) is 5.00 Å². The van der Waals surface area contributed by atoms with Crippen molar-refractivity contribution >= 4 is 98.6 Å². The van der Waals surface area contributed by atoms with E-state index in [4.69, 9.17) is 72.2 Å². The normalized spacial score (nSPS) is 13.1. The minimum atomic E-state index is -0.487. The summed E-state index contributed by atoms with van der Waals surface area (Å²) in [5.74, 6) is 1.27. The van der Waals surface area contributed by atoms with Crippen molar-refractivity contribution in [3.05, 3.63) is 113 Å². The molecule has 5 aromatic rings. The van der Waals surface area contributed by atoms with Crippen molar-refractivity contribution in [1.29, 1.82) is 10.8 Å². The number of methoxy groups -OCH3 is 2. The number of fused-ring (bicyclic) bond motifs is 4. The fraction of sp³-hybridized carbons (Fsp3) is 0.464. The van der Waals surface area contributed by atoms with Gasteiger partial charge < -0.3 is 48.5 Å². The first-order valence-corrected chi connectivity index (χ1v) is 28.5. The summed E-state index contributed by atoms with van der Waals surface area (Å²) in [5.41, 5.74) is 7.18. The highest BCUT2D eigenvalue weighted by Crippen LogP contribution is 2.41. The van der Waals surface area contributed by atoms with E-state index < -0.39 is 6.04 Å². The number of esters is 2. The SMILES string of the molecule is CC(=N)N1C(=N)CN=C(c2ccc(Cl)cc2)c2c1sc(C=O)c2C.CNCCOCCOCCOCCOCCOCCOCCNC=O.COC(=O)CC1N=C(c2ccc(Cl)cc2)c2c(sc(C)c2C)-n2c(C)nnc21.COC(C)=O. The van der Waals surface area contributed by atoms with Crippen LogP contribution in [-0.4, -0.2) is 183 Å². The van der Waals surface area contributed by atoms with Crippen LogP contribution in [0.2, 0.25) is 10.0 Å². The first kappa shape index (κ1) is 68.3. The smallest absolute Gasteiger partial charge is 0.308 e. The zero-order valence-corrected chi connectivity index (χ0v) is 51.0. The Bertz CT molecular complexity index is 2910. The molecule has 3 aromatic heterocycles. The van der Waals surface area contributed by atoms with E-state index in [1.807, 2.05) is 61.9 Å². The lowest BCUT2D eigenvalue weighted by Gasteiger charge is -2.20. The molecule has 0 spiro atoms. The molecule has 446 valence electrons. The lowest BCUT2D eigenvalue weighted by Crippen LogP contribution is -2.35. The summed E-state index contributed by atoms with van der Waals surface area (Å²) in [7, 11) is 4.62. The number of aliphatic imine (C=N–C) groups is 2. The number of ether oxygens (including phenoxy) is 8. The number of nitrogens with one attached hydrogen (secondary N) is 4. The van der Waals surface area contributed by atoms with Crippen LogP contribution in [-0.2, 0) is 52.3 Å². The molecule has 0 saturated heterocycles. The predicted octanol–water partition coefficient (Wildman–Crippen LogP) is 7.75. The molecule has 4 N–H and O–H groups in total. The van der Waals surface area contributed by atoms with Gasteiger partial charge >= 0.3 is 11.9 Å². The number of aromatic nitrogens is 3. The zero-order valence-electron chi connectivity index (χ0n) is 47.8. The van der Waals surface area contributed by atoms with Crippen LogP contribution in [0.3, 0.4) is 0 Å². The van der Waals surface area contributed by atoms with Crippen LogP contribution in [0.15, 0.2) is 58.5 Å². The maximum Gasteiger partial charge on any atom is 0.308 e. The third kappa shape index (κ3) is 21.2. The van der Waals surface area contributed by atoms with Crippen LogP contribution in [0.25, 0.3) is 5.00 Å². The molecule has 1 unspecified atom stereocenters. The predicted molar refractivity (Wildman–Crippen MR) is 321 cm³/mol. The number of halogens is 2. The molecule has 22 nitrogen and oxygen atoms in total. The van der Waals surface area contributed by atoms with Crippen molar-refractivity contribution < 1.29 is 57.1 Å². The Balaban J connectivity index is 0.000000254. The number of carbonyl (C=O) groups excluding carboxylic acids is 4. The van der Waals surface area contributed by atoms with E-state index >= 15 is 0 Å². The molecule has 5 heterocycles. The third-order valence-corrected chi connectivity index (χ3v) is 14.8. The quantitative estimate of drug-likeness (QED) is 0.0129. The molecule has 82 heavy (non-hydrogen) atoms. The highest BCUT2D eigenvalue weighted by Gasteiger charge is 2.33. The molecular weight excluding hydrogens is 1140 g/mol. The van der Waals surface area contributed by atoms with Gasteiger partial charge in [-0.1, -0.05) is 47.5 Å². The maximum absolute atomic E-state index is 12.1. The number of aldehydes is 1. The number of amides is 1. The Morgan fingerprint density at radius 1 is 0.695 bits per heavy atom. The van der Waals surface area contributed by atoms with Crippen LogP contribution < -0.4 is 15.5 Å². The number of carbonyl (C=O) groups is 4. The second-order valence-electron chi connectivity index (χ2n) is 17.7. The summed E-state index contributed by atoms with van der Waals surface area (Å²) in [4.78, 5) is 56.0. The van der Waals surface area contributed by atoms with Crippen LogP contribution >= 0.6 is 45.9 Å². The van der Waals surface area contributed by atoms with E-state index in [1.165, 1.54) is 37.4 Å². The Labute approximate surface area is 496 Å². The van der Waals surface area contributed by atoms with Gasteiger partial charge in [-0.15, -0.1) is 32.9 Å². The monoisotopic (exact) mass is 1210 g/mol. The van der Waals surface area contributed by atoms with Crippen LogP contribution in [0.5, 0.6) is 0 Å². The van der Waals surface area contributed by atoms with E-state index in [9.17, 15) is 19.2 Å². The highest BCUT2D eigenvalue weighted by molar-refractivity contribution is 7.18. The summed E-state index contributed by atoms with van der Waals surface area (Å²) < 4.78 is 43.0. The second kappa shape index (κ2) is 37.1. The number of rotatable bonds is 27. The van der Waals surface area contributed by atoms with Gasteiger partial charge in [0.05, 0.1) is 123 Å². The van der Waals surface area contributed by atoms with Crippen molar-refractivity contribution in [2.45, 2.75) is 54.0 Å². The van der Waals surface area contributed by atoms with E-state index in [0.29, 0.717) is 118 Å². The fourth-order valence-corrected chi connectivity index (χ4v) is 10.3. The number of benzene rings is 2. The average molecular weight is 1210 g/mol.